The molecule has 1 saturated heterocycles. The van der Waals surface area contributed by atoms with Crippen molar-refractivity contribution in [1.82, 2.24) is 4.90 Å². The molecule has 1 fully saturated rings. The first-order valence-corrected chi connectivity index (χ1v) is 10.4. The lowest BCUT2D eigenvalue weighted by Gasteiger charge is -2.31. The Morgan fingerprint density at radius 2 is 2.00 bits per heavy atom. The van der Waals surface area contributed by atoms with Crippen LogP contribution in [0.2, 0.25) is 0 Å². The SMILES string of the molecule is Cc1ccccc1OCC1CCN(C(=O)C/C=C/N=C/CCCCC(=O)O)CC1. The van der Waals surface area contributed by atoms with Gasteiger partial charge in [-0.05, 0) is 56.6 Å². The van der Waals surface area contributed by atoms with Crippen LogP contribution in [0.15, 0.2) is 41.5 Å². The first kappa shape index (κ1) is 22.7. The van der Waals surface area contributed by atoms with Crippen LogP contribution >= 0.6 is 0 Å². The molecule has 29 heavy (non-hydrogen) atoms. The van der Waals surface area contributed by atoms with Gasteiger partial charge in [0, 0.05) is 38.3 Å². The van der Waals surface area contributed by atoms with Crippen LogP contribution < -0.4 is 4.74 Å². The molecule has 1 aliphatic rings. The molecule has 0 radical (unpaired) electrons. The normalized spacial score (nSPS) is 15.3. The van der Waals surface area contributed by atoms with Gasteiger partial charge >= 0.3 is 5.97 Å². The lowest BCUT2D eigenvalue weighted by atomic mass is 9.97. The van der Waals surface area contributed by atoms with Crippen LogP contribution in [-0.4, -0.2) is 47.8 Å². The van der Waals surface area contributed by atoms with Gasteiger partial charge in [0.1, 0.15) is 5.75 Å². The lowest BCUT2D eigenvalue weighted by molar-refractivity contribution is -0.137. The predicted molar refractivity (Wildman–Crippen MR) is 114 cm³/mol. The third-order valence-corrected chi connectivity index (χ3v) is 5.10. The van der Waals surface area contributed by atoms with Crippen molar-refractivity contribution in [3.05, 3.63) is 42.1 Å². The Hall–Kier alpha value is -2.63. The number of amides is 1. The summed E-state index contributed by atoms with van der Waals surface area (Å²) in [6.07, 6.45) is 9.92. The zero-order valence-corrected chi connectivity index (χ0v) is 17.3. The molecule has 1 aromatic rings. The van der Waals surface area contributed by atoms with E-state index in [1.807, 2.05) is 36.1 Å². The highest BCUT2D eigenvalue weighted by Gasteiger charge is 2.22. The van der Waals surface area contributed by atoms with Crippen LogP contribution in [0, 0.1) is 12.8 Å². The number of benzene rings is 1. The summed E-state index contributed by atoms with van der Waals surface area (Å²) in [7, 11) is 0. The second-order valence-corrected chi connectivity index (χ2v) is 7.46. The van der Waals surface area contributed by atoms with Crippen molar-refractivity contribution in [2.45, 2.75) is 51.9 Å². The van der Waals surface area contributed by atoms with Crippen molar-refractivity contribution in [3.63, 3.8) is 0 Å². The van der Waals surface area contributed by atoms with Gasteiger partial charge in [-0.25, -0.2) is 0 Å². The maximum atomic E-state index is 12.3. The molecule has 0 atom stereocenters. The molecular weight excluding hydrogens is 368 g/mol. The number of piperidine rings is 1. The summed E-state index contributed by atoms with van der Waals surface area (Å²) in [4.78, 5) is 28.8. The topological polar surface area (TPSA) is 79.2 Å². The van der Waals surface area contributed by atoms with Gasteiger partial charge in [-0.1, -0.05) is 24.3 Å². The number of hydrogen-bond donors (Lipinski definition) is 1. The number of hydrogen-bond acceptors (Lipinski definition) is 4. The van der Waals surface area contributed by atoms with Gasteiger partial charge in [-0.15, -0.1) is 0 Å². The molecule has 158 valence electrons. The number of unbranched alkanes of at least 4 members (excludes halogenated alkanes) is 2. The molecule has 1 amide bonds. The average Bonchev–Trinajstić information content (AvgIpc) is 2.72. The summed E-state index contributed by atoms with van der Waals surface area (Å²) in [5.74, 6) is 0.804. The second kappa shape index (κ2) is 12.8. The maximum absolute atomic E-state index is 12.3. The van der Waals surface area contributed by atoms with Crippen molar-refractivity contribution in [1.29, 1.82) is 0 Å². The third-order valence-electron chi connectivity index (χ3n) is 5.10. The highest BCUT2D eigenvalue weighted by atomic mass is 16.5. The Morgan fingerprint density at radius 1 is 1.24 bits per heavy atom. The van der Waals surface area contributed by atoms with E-state index in [2.05, 4.69) is 4.99 Å². The van der Waals surface area contributed by atoms with E-state index in [0.29, 0.717) is 25.4 Å². The van der Waals surface area contributed by atoms with Crippen molar-refractivity contribution >= 4 is 18.1 Å². The Balaban J connectivity index is 1.58. The molecule has 0 aliphatic carbocycles. The van der Waals surface area contributed by atoms with Crippen LogP contribution in [-0.2, 0) is 9.59 Å². The van der Waals surface area contributed by atoms with E-state index in [1.54, 1.807) is 18.5 Å². The number of carbonyl (C=O) groups is 2. The zero-order chi connectivity index (χ0) is 20.9. The number of para-hydroxylation sites is 1. The van der Waals surface area contributed by atoms with E-state index in [4.69, 9.17) is 9.84 Å². The molecule has 0 spiro atoms. The minimum Gasteiger partial charge on any atom is -0.493 e. The van der Waals surface area contributed by atoms with Gasteiger partial charge in [-0.3, -0.25) is 14.6 Å². The van der Waals surface area contributed by atoms with Gasteiger partial charge in [-0.2, -0.15) is 0 Å². The molecule has 1 aromatic carbocycles. The smallest absolute Gasteiger partial charge is 0.303 e. The Morgan fingerprint density at radius 3 is 2.72 bits per heavy atom. The quantitative estimate of drug-likeness (QED) is 0.445. The van der Waals surface area contributed by atoms with Crippen molar-refractivity contribution in [2.75, 3.05) is 19.7 Å². The molecule has 0 saturated carbocycles. The highest BCUT2D eigenvalue weighted by Crippen LogP contribution is 2.22. The number of aliphatic imine (C=N–C) groups is 1. The minimum atomic E-state index is -0.761. The van der Waals surface area contributed by atoms with E-state index in [-0.39, 0.29) is 12.3 Å². The molecule has 6 nitrogen and oxygen atoms in total. The van der Waals surface area contributed by atoms with E-state index < -0.39 is 5.97 Å². The number of carboxylic acids is 1. The Kier molecular flexibility index (Phi) is 9.96. The molecule has 0 bridgehead atoms. The number of nitrogens with zero attached hydrogens (tertiary/aromatic N) is 2. The average molecular weight is 401 g/mol. The standard InChI is InChI=1S/C23H32N2O4/c1-19-8-4-5-9-21(19)29-18-20-12-16-25(17-13-20)22(26)10-7-15-24-14-6-2-3-11-23(27)28/h4-5,7-9,14-15,20H,2-3,6,10-13,16-18H2,1H3,(H,27,28)/b15-7+,24-14+. The molecule has 1 heterocycles. The molecule has 0 unspecified atom stereocenters. The lowest BCUT2D eigenvalue weighted by Crippen LogP contribution is -2.39. The van der Waals surface area contributed by atoms with Gasteiger partial charge < -0.3 is 14.7 Å². The van der Waals surface area contributed by atoms with E-state index in [9.17, 15) is 9.59 Å². The minimum absolute atomic E-state index is 0.135. The summed E-state index contributed by atoms with van der Waals surface area (Å²) in [5, 5.41) is 8.56. The van der Waals surface area contributed by atoms with Crippen LogP contribution in [0.5, 0.6) is 5.75 Å². The molecule has 6 heteroatoms. The molecule has 2 rings (SSSR count). The number of ether oxygens (including phenoxy) is 1. The van der Waals surface area contributed by atoms with E-state index >= 15 is 0 Å². The number of rotatable bonds is 11. The Bertz CT molecular complexity index is 707. The van der Waals surface area contributed by atoms with Gasteiger partial charge in [0.05, 0.1) is 6.61 Å². The van der Waals surface area contributed by atoms with Crippen LogP contribution in [0.4, 0.5) is 0 Å². The van der Waals surface area contributed by atoms with Crippen LogP contribution in [0.3, 0.4) is 0 Å². The fourth-order valence-corrected chi connectivity index (χ4v) is 3.27. The monoisotopic (exact) mass is 400 g/mol. The van der Waals surface area contributed by atoms with E-state index in [0.717, 1.165) is 50.1 Å². The van der Waals surface area contributed by atoms with Crippen LogP contribution in [0.25, 0.3) is 0 Å². The van der Waals surface area contributed by atoms with Gasteiger partial charge in [0.2, 0.25) is 5.91 Å². The third kappa shape index (κ3) is 8.94. The predicted octanol–water partition coefficient (Wildman–Crippen LogP) is 4.23. The second-order valence-electron chi connectivity index (χ2n) is 7.46. The fraction of sp³-hybridized carbons (Fsp3) is 0.522. The Labute approximate surface area is 173 Å². The van der Waals surface area contributed by atoms with Gasteiger partial charge in [0.15, 0.2) is 0 Å². The molecular formula is C23H32N2O4. The number of aliphatic carboxylic acids is 1. The maximum Gasteiger partial charge on any atom is 0.303 e. The fourth-order valence-electron chi connectivity index (χ4n) is 3.27. The first-order valence-electron chi connectivity index (χ1n) is 10.4. The number of carbonyl (C=O) groups excluding carboxylic acids is 1. The van der Waals surface area contributed by atoms with Crippen molar-refractivity contribution in [2.24, 2.45) is 10.9 Å². The highest BCUT2D eigenvalue weighted by molar-refractivity contribution is 5.77. The molecule has 1 N–H and O–H groups in total. The van der Waals surface area contributed by atoms with E-state index in [1.165, 1.54) is 0 Å². The van der Waals surface area contributed by atoms with Gasteiger partial charge in [0.25, 0.3) is 0 Å². The number of carboxylic acid groups (broad SMARTS) is 1. The van der Waals surface area contributed by atoms with Crippen molar-refractivity contribution in [3.8, 4) is 5.75 Å². The summed E-state index contributed by atoms with van der Waals surface area (Å²) in [6, 6.07) is 8.04. The summed E-state index contributed by atoms with van der Waals surface area (Å²) >= 11 is 0. The summed E-state index contributed by atoms with van der Waals surface area (Å²) < 4.78 is 5.95. The van der Waals surface area contributed by atoms with Crippen molar-refractivity contribution < 1.29 is 19.4 Å². The summed E-state index contributed by atoms with van der Waals surface area (Å²) in [5.41, 5.74) is 1.15. The largest absolute Gasteiger partial charge is 0.493 e. The van der Waals surface area contributed by atoms with Crippen LogP contribution in [0.1, 0.15) is 50.5 Å². The molecule has 1 aliphatic heterocycles. The summed E-state index contributed by atoms with van der Waals surface area (Å²) in [6.45, 7) is 4.31. The first-order chi connectivity index (χ1) is 14.1. The number of likely N-dealkylation sites (tertiary alicyclic amines) is 1. The number of aryl methyl sites for hydroxylation is 1. The molecule has 0 aromatic heterocycles. The zero-order valence-electron chi connectivity index (χ0n) is 17.3.